The van der Waals surface area contributed by atoms with Crippen molar-refractivity contribution in [2.75, 3.05) is 26.2 Å². The van der Waals surface area contributed by atoms with Crippen molar-refractivity contribution in [3.8, 4) is 0 Å². The first-order chi connectivity index (χ1) is 6.79. The second kappa shape index (κ2) is 5.69. The maximum Gasteiger partial charge on any atom is 0.0443 e. The van der Waals surface area contributed by atoms with Gasteiger partial charge >= 0.3 is 0 Å². The molecule has 0 aromatic carbocycles. The Balaban J connectivity index is 2.54. The molecule has 3 N–H and O–H groups in total. The van der Waals surface area contributed by atoms with E-state index in [2.05, 4.69) is 11.8 Å². The van der Waals surface area contributed by atoms with E-state index in [-0.39, 0.29) is 12.1 Å². The van der Waals surface area contributed by atoms with E-state index in [0.717, 1.165) is 26.1 Å². The van der Waals surface area contributed by atoms with Crippen LogP contribution in [0.5, 0.6) is 0 Å². The first-order valence-corrected chi connectivity index (χ1v) is 5.85. The number of likely N-dealkylation sites (N-methyl/N-ethyl adjacent to an activating group) is 1. The number of hydrogen-bond acceptors (Lipinski definition) is 3. The van der Waals surface area contributed by atoms with Gasteiger partial charge in [0.05, 0.1) is 0 Å². The van der Waals surface area contributed by atoms with Gasteiger partial charge < -0.3 is 10.8 Å². The van der Waals surface area contributed by atoms with Crippen LogP contribution in [0, 0.1) is 0 Å². The smallest absolute Gasteiger partial charge is 0.0443 e. The van der Waals surface area contributed by atoms with Gasteiger partial charge in [-0.1, -0.05) is 19.8 Å². The van der Waals surface area contributed by atoms with E-state index >= 15 is 0 Å². The number of aliphatic hydroxyl groups excluding tert-OH is 1. The number of nitrogens with two attached hydrogens (primary N) is 1. The van der Waals surface area contributed by atoms with Crippen LogP contribution in [0.25, 0.3) is 0 Å². The Labute approximate surface area is 87.3 Å². The van der Waals surface area contributed by atoms with E-state index < -0.39 is 0 Å². The molecule has 0 aliphatic heterocycles. The molecule has 3 nitrogen and oxygen atoms in total. The lowest BCUT2D eigenvalue weighted by molar-refractivity contribution is 0.0961. The molecule has 1 aliphatic carbocycles. The van der Waals surface area contributed by atoms with Crippen molar-refractivity contribution in [3.63, 3.8) is 0 Å². The van der Waals surface area contributed by atoms with Crippen molar-refractivity contribution in [2.24, 2.45) is 5.73 Å². The topological polar surface area (TPSA) is 49.5 Å². The van der Waals surface area contributed by atoms with Crippen molar-refractivity contribution in [1.82, 2.24) is 4.90 Å². The van der Waals surface area contributed by atoms with Crippen molar-refractivity contribution in [3.05, 3.63) is 0 Å². The van der Waals surface area contributed by atoms with E-state index in [9.17, 15) is 0 Å². The molecule has 0 aromatic rings. The summed E-state index contributed by atoms with van der Waals surface area (Å²) in [5.74, 6) is 0. The SMILES string of the molecule is CCN(CCCO)C1(CN)CCCC1. The van der Waals surface area contributed by atoms with Gasteiger partial charge in [0.1, 0.15) is 0 Å². The summed E-state index contributed by atoms with van der Waals surface area (Å²) in [6.45, 7) is 5.29. The van der Waals surface area contributed by atoms with E-state index in [1.807, 2.05) is 0 Å². The average Bonchev–Trinajstić information content (AvgIpc) is 2.69. The zero-order valence-electron chi connectivity index (χ0n) is 9.34. The van der Waals surface area contributed by atoms with Crippen LogP contribution in [0.15, 0.2) is 0 Å². The summed E-state index contributed by atoms with van der Waals surface area (Å²) in [4.78, 5) is 2.47. The van der Waals surface area contributed by atoms with Crippen LogP contribution in [0.4, 0.5) is 0 Å². The normalized spacial score (nSPS) is 20.6. The molecule has 0 amide bonds. The Morgan fingerprint density at radius 3 is 2.43 bits per heavy atom. The van der Waals surface area contributed by atoms with Gasteiger partial charge in [0.2, 0.25) is 0 Å². The minimum Gasteiger partial charge on any atom is -0.396 e. The molecular formula is C11H24N2O. The van der Waals surface area contributed by atoms with Gasteiger partial charge in [0.25, 0.3) is 0 Å². The molecule has 0 saturated heterocycles. The Hall–Kier alpha value is -0.120. The van der Waals surface area contributed by atoms with Crippen LogP contribution >= 0.6 is 0 Å². The molecule has 1 aliphatic rings. The fraction of sp³-hybridized carbons (Fsp3) is 1.00. The first kappa shape index (κ1) is 12.0. The third kappa shape index (κ3) is 2.47. The Morgan fingerprint density at radius 1 is 1.36 bits per heavy atom. The number of nitrogens with zero attached hydrogens (tertiary/aromatic N) is 1. The zero-order valence-corrected chi connectivity index (χ0v) is 9.34. The molecule has 0 atom stereocenters. The van der Waals surface area contributed by atoms with Gasteiger partial charge in [-0.15, -0.1) is 0 Å². The minimum atomic E-state index is 0.254. The second-order valence-electron chi connectivity index (χ2n) is 4.29. The van der Waals surface area contributed by atoms with Crippen LogP contribution in [0.3, 0.4) is 0 Å². The largest absolute Gasteiger partial charge is 0.396 e. The standard InChI is InChI=1S/C11H24N2O/c1-2-13(8-5-9-14)11(10-12)6-3-4-7-11/h14H,2-10,12H2,1H3. The number of aliphatic hydroxyl groups is 1. The molecule has 0 unspecified atom stereocenters. The maximum atomic E-state index is 8.85. The highest BCUT2D eigenvalue weighted by molar-refractivity contribution is 4.95. The van der Waals surface area contributed by atoms with Gasteiger partial charge in [0.15, 0.2) is 0 Å². The van der Waals surface area contributed by atoms with E-state index in [4.69, 9.17) is 10.8 Å². The lowest BCUT2D eigenvalue weighted by atomic mass is 9.95. The Morgan fingerprint density at radius 2 is 2.00 bits per heavy atom. The van der Waals surface area contributed by atoms with Crippen LogP contribution in [-0.2, 0) is 0 Å². The van der Waals surface area contributed by atoms with Gasteiger partial charge in [-0.3, -0.25) is 4.90 Å². The minimum absolute atomic E-state index is 0.254. The summed E-state index contributed by atoms with van der Waals surface area (Å²) in [6, 6.07) is 0. The zero-order chi connectivity index (χ0) is 10.4. The molecule has 0 aromatic heterocycles. The van der Waals surface area contributed by atoms with Gasteiger partial charge in [-0.05, 0) is 25.8 Å². The summed E-state index contributed by atoms with van der Waals surface area (Å²) in [7, 11) is 0. The summed E-state index contributed by atoms with van der Waals surface area (Å²) in [5.41, 5.74) is 6.17. The molecule has 1 fully saturated rings. The summed E-state index contributed by atoms with van der Waals surface area (Å²) in [5, 5.41) is 8.85. The molecule has 0 heterocycles. The summed E-state index contributed by atoms with van der Waals surface area (Å²) < 4.78 is 0. The quantitative estimate of drug-likeness (QED) is 0.671. The fourth-order valence-corrected chi connectivity index (χ4v) is 2.67. The molecule has 14 heavy (non-hydrogen) atoms. The maximum absolute atomic E-state index is 8.85. The van der Waals surface area contributed by atoms with Crippen molar-refractivity contribution in [2.45, 2.75) is 44.6 Å². The van der Waals surface area contributed by atoms with Gasteiger partial charge in [-0.25, -0.2) is 0 Å². The van der Waals surface area contributed by atoms with Crippen LogP contribution in [-0.4, -0.2) is 41.8 Å². The van der Waals surface area contributed by atoms with Crippen molar-refractivity contribution < 1.29 is 5.11 Å². The fourth-order valence-electron chi connectivity index (χ4n) is 2.67. The molecular weight excluding hydrogens is 176 g/mol. The molecule has 1 rings (SSSR count). The molecule has 1 saturated carbocycles. The van der Waals surface area contributed by atoms with E-state index in [1.54, 1.807) is 0 Å². The molecule has 0 bridgehead atoms. The van der Waals surface area contributed by atoms with Crippen molar-refractivity contribution >= 4 is 0 Å². The second-order valence-corrected chi connectivity index (χ2v) is 4.29. The van der Waals surface area contributed by atoms with Crippen molar-refractivity contribution in [1.29, 1.82) is 0 Å². The predicted molar refractivity (Wildman–Crippen MR) is 59.2 cm³/mol. The monoisotopic (exact) mass is 200 g/mol. The third-order valence-electron chi connectivity index (χ3n) is 3.55. The number of rotatable bonds is 6. The summed E-state index contributed by atoms with van der Waals surface area (Å²) >= 11 is 0. The molecule has 0 radical (unpaired) electrons. The lowest BCUT2D eigenvalue weighted by Gasteiger charge is -2.40. The lowest BCUT2D eigenvalue weighted by Crippen LogP contribution is -2.52. The Bertz CT molecular complexity index is 155. The molecule has 3 heteroatoms. The first-order valence-electron chi connectivity index (χ1n) is 5.85. The Kier molecular flexibility index (Phi) is 4.85. The molecule has 0 spiro atoms. The third-order valence-corrected chi connectivity index (χ3v) is 3.55. The average molecular weight is 200 g/mol. The van der Waals surface area contributed by atoms with Crippen LogP contribution in [0.1, 0.15) is 39.0 Å². The van der Waals surface area contributed by atoms with Crippen LogP contribution in [0.2, 0.25) is 0 Å². The molecule has 84 valence electrons. The van der Waals surface area contributed by atoms with Crippen LogP contribution < -0.4 is 5.73 Å². The van der Waals surface area contributed by atoms with Gasteiger partial charge in [0, 0.05) is 25.2 Å². The highest BCUT2D eigenvalue weighted by Crippen LogP contribution is 2.34. The highest BCUT2D eigenvalue weighted by Gasteiger charge is 2.36. The highest BCUT2D eigenvalue weighted by atomic mass is 16.3. The predicted octanol–water partition coefficient (Wildman–Crippen LogP) is 0.962. The number of hydrogen-bond donors (Lipinski definition) is 2. The van der Waals surface area contributed by atoms with E-state index in [1.165, 1.54) is 25.7 Å². The summed E-state index contributed by atoms with van der Waals surface area (Å²) in [6.07, 6.45) is 5.97. The van der Waals surface area contributed by atoms with Gasteiger partial charge in [-0.2, -0.15) is 0 Å². The van der Waals surface area contributed by atoms with E-state index in [0.29, 0.717) is 0 Å².